The fourth-order valence-electron chi connectivity index (χ4n) is 6.00. The van der Waals surface area contributed by atoms with Crippen LogP contribution in [0.2, 0.25) is 0 Å². The number of rotatable bonds is 2. The maximum Gasteiger partial charge on any atom is 0.308 e. The number of carboxylic acid groups (broad SMARTS) is 1. The Morgan fingerprint density at radius 2 is 1.74 bits per heavy atom. The van der Waals surface area contributed by atoms with Crippen molar-refractivity contribution >= 4 is 11.9 Å². The highest BCUT2D eigenvalue weighted by Crippen LogP contribution is 2.37. The molecule has 8 atom stereocenters. The second-order valence-electron chi connectivity index (χ2n) is 11.0. The number of nitrogens with zero attached hydrogens (tertiary/aromatic N) is 1. The molecule has 1 aliphatic carbocycles. The van der Waals surface area contributed by atoms with Gasteiger partial charge in [0.15, 0.2) is 0 Å². The minimum atomic E-state index is -0.848. The Morgan fingerprint density at radius 3 is 2.41 bits per heavy atom. The number of aliphatic hydroxyl groups is 1. The van der Waals surface area contributed by atoms with E-state index in [-0.39, 0.29) is 18.3 Å². The van der Waals surface area contributed by atoms with E-state index in [9.17, 15) is 25.1 Å². The van der Waals surface area contributed by atoms with E-state index in [1.165, 1.54) is 0 Å². The molecule has 2 aliphatic rings. The molecule has 190 valence electrons. The van der Waals surface area contributed by atoms with Crippen LogP contribution in [0.5, 0.6) is 0 Å². The molecule has 1 heterocycles. The van der Waals surface area contributed by atoms with E-state index in [2.05, 4.69) is 26.8 Å². The van der Waals surface area contributed by atoms with Crippen LogP contribution < -0.4 is 0 Å². The van der Waals surface area contributed by atoms with E-state index >= 15 is 0 Å². The van der Waals surface area contributed by atoms with Crippen LogP contribution >= 0.6 is 0 Å². The number of cyclic esters (lactones) is 1. The van der Waals surface area contributed by atoms with Crippen molar-refractivity contribution in [2.24, 2.45) is 35.5 Å². The molecule has 0 unspecified atom stereocenters. The van der Waals surface area contributed by atoms with E-state index in [1.807, 2.05) is 25.2 Å². The number of allylic oxidation sites excluding steroid dienone is 3. The van der Waals surface area contributed by atoms with Crippen LogP contribution in [0.25, 0.3) is 0 Å². The number of carbonyl (C=O) groups excluding carboxylic acids is 1. The van der Waals surface area contributed by atoms with E-state index < -0.39 is 30.1 Å². The Morgan fingerprint density at radius 1 is 1.06 bits per heavy atom. The Kier molecular flexibility index (Phi) is 11.3. The number of hydrogen-bond donors (Lipinski definition) is 2. The third-order valence-corrected chi connectivity index (χ3v) is 7.58. The van der Waals surface area contributed by atoms with Gasteiger partial charge in [0.25, 0.3) is 0 Å². The normalized spacial score (nSPS) is 39.5. The zero-order valence-electron chi connectivity index (χ0n) is 21.3. The summed E-state index contributed by atoms with van der Waals surface area (Å²) in [6, 6.07) is 2.30. The molecule has 0 aromatic rings. The molecule has 1 aliphatic heterocycles. The molecular weight excluding hydrogens is 430 g/mol. The monoisotopic (exact) mass is 473 g/mol. The highest BCUT2D eigenvalue weighted by atomic mass is 16.5. The summed E-state index contributed by atoms with van der Waals surface area (Å²) in [5.41, 5.74) is 0.722. The molecule has 0 radical (unpaired) electrons. The molecule has 2 rings (SSSR count). The third kappa shape index (κ3) is 8.91. The molecule has 0 spiro atoms. The molecule has 0 saturated heterocycles. The van der Waals surface area contributed by atoms with E-state index in [0.29, 0.717) is 37.0 Å². The van der Waals surface area contributed by atoms with E-state index in [4.69, 9.17) is 4.74 Å². The Labute approximate surface area is 205 Å². The van der Waals surface area contributed by atoms with Crippen molar-refractivity contribution in [3.63, 3.8) is 0 Å². The van der Waals surface area contributed by atoms with Crippen molar-refractivity contribution < 1.29 is 24.5 Å². The Hall–Kier alpha value is -2.13. The van der Waals surface area contributed by atoms with Gasteiger partial charge in [-0.25, -0.2) is 0 Å². The molecule has 0 amide bonds. The smallest absolute Gasteiger partial charge is 0.308 e. The number of hydrogen-bond acceptors (Lipinski definition) is 5. The van der Waals surface area contributed by atoms with Gasteiger partial charge in [0.05, 0.1) is 24.5 Å². The van der Waals surface area contributed by atoms with Gasteiger partial charge in [-0.3, -0.25) is 9.59 Å². The second kappa shape index (κ2) is 13.7. The number of nitriles is 1. The van der Waals surface area contributed by atoms with Crippen molar-refractivity contribution in [2.75, 3.05) is 0 Å². The lowest BCUT2D eigenvalue weighted by Crippen LogP contribution is -2.34. The maximum absolute atomic E-state index is 12.7. The minimum absolute atomic E-state index is 0.0317. The van der Waals surface area contributed by atoms with Gasteiger partial charge in [-0.05, 0) is 68.3 Å². The van der Waals surface area contributed by atoms with Gasteiger partial charge in [0.2, 0.25) is 0 Å². The average Bonchev–Trinajstić information content (AvgIpc) is 3.24. The zero-order chi connectivity index (χ0) is 25.3. The van der Waals surface area contributed by atoms with Gasteiger partial charge in [-0.2, -0.15) is 5.26 Å². The number of aliphatic carboxylic acids is 1. The molecule has 1 fully saturated rings. The lowest BCUT2D eigenvalue weighted by Gasteiger charge is -2.28. The zero-order valence-corrected chi connectivity index (χ0v) is 21.3. The molecule has 0 aromatic heterocycles. The largest absolute Gasteiger partial charge is 0.481 e. The molecule has 2 N–H and O–H groups in total. The van der Waals surface area contributed by atoms with Crippen LogP contribution in [-0.4, -0.2) is 34.4 Å². The number of aliphatic hydroxyl groups excluding tert-OH is 1. The molecule has 1 saturated carbocycles. The highest BCUT2D eigenvalue weighted by Gasteiger charge is 2.39. The Bertz CT molecular complexity index is 782. The van der Waals surface area contributed by atoms with Crippen molar-refractivity contribution in [1.29, 1.82) is 5.26 Å². The fraction of sp³-hybridized carbons (Fsp3) is 0.750. The van der Waals surface area contributed by atoms with Gasteiger partial charge < -0.3 is 14.9 Å². The molecule has 0 bridgehead atoms. The maximum atomic E-state index is 12.7. The fourth-order valence-corrected chi connectivity index (χ4v) is 6.00. The number of carbonyl (C=O) groups is 2. The van der Waals surface area contributed by atoms with Crippen LogP contribution in [0.1, 0.15) is 85.5 Å². The summed E-state index contributed by atoms with van der Waals surface area (Å²) in [5.74, 6) is -0.796. The predicted molar refractivity (Wildman–Crippen MR) is 132 cm³/mol. The molecule has 0 aromatic carbocycles. The highest BCUT2D eigenvalue weighted by molar-refractivity contribution is 5.72. The standard InChI is InChI=1S/C28H43NO5/c1-18-12-19(2)14-21(4)25(30)16-27(31)34-26(23-9-7-10-24(23)28(32)33)11-6-5-8-22(17-29)15-20(3)13-18/h5-6,8,18-21,23-26,30H,7,9-16H2,1-4H3,(H,32,33)/b6-5+,22-8+/t18-,19+,20+,21+,23-,24-,25+,26+/m1/s1. The van der Waals surface area contributed by atoms with E-state index in [1.54, 1.807) is 0 Å². The summed E-state index contributed by atoms with van der Waals surface area (Å²) in [6.45, 7) is 8.59. The average molecular weight is 474 g/mol. The SMILES string of the molecule is C[C@H]1C[C@H](C)C/C(C#N)=C\C=C\C[C@@H]([C@@H]2CCC[C@H]2C(=O)O)OC(=O)C[C@H](O)[C@@H](C)C[C@@H](C)C1. The predicted octanol–water partition coefficient (Wildman–Crippen LogP) is 5.66. The summed E-state index contributed by atoms with van der Waals surface area (Å²) < 4.78 is 5.79. The van der Waals surface area contributed by atoms with Gasteiger partial charge >= 0.3 is 11.9 Å². The summed E-state index contributed by atoms with van der Waals surface area (Å²) in [6.07, 6.45) is 10.2. The van der Waals surface area contributed by atoms with Crippen molar-refractivity contribution in [3.05, 3.63) is 23.8 Å². The minimum Gasteiger partial charge on any atom is -0.481 e. The number of esters is 1. The summed E-state index contributed by atoms with van der Waals surface area (Å²) >= 11 is 0. The lowest BCUT2D eigenvalue weighted by atomic mass is 9.82. The van der Waals surface area contributed by atoms with Crippen molar-refractivity contribution in [3.8, 4) is 6.07 Å². The molecule has 6 heteroatoms. The summed E-state index contributed by atoms with van der Waals surface area (Å²) in [7, 11) is 0. The number of carboxylic acids is 1. The van der Waals surface area contributed by atoms with Crippen molar-refractivity contribution in [1.82, 2.24) is 0 Å². The van der Waals surface area contributed by atoms with E-state index in [0.717, 1.165) is 37.7 Å². The van der Waals surface area contributed by atoms with Crippen LogP contribution in [0.4, 0.5) is 0 Å². The topological polar surface area (TPSA) is 108 Å². The van der Waals surface area contributed by atoms with Gasteiger partial charge in [0, 0.05) is 17.9 Å². The first kappa shape index (κ1) is 28.1. The molecule has 6 nitrogen and oxygen atoms in total. The van der Waals surface area contributed by atoms with Crippen LogP contribution in [0.15, 0.2) is 23.8 Å². The second-order valence-corrected chi connectivity index (χ2v) is 11.0. The lowest BCUT2D eigenvalue weighted by molar-refractivity contribution is -0.159. The first-order valence-electron chi connectivity index (χ1n) is 13.0. The quantitative estimate of drug-likeness (QED) is 0.501. The Balaban J connectivity index is 2.25. The number of ether oxygens (including phenoxy) is 1. The van der Waals surface area contributed by atoms with Crippen LogP contribution in [0, 0.1) is 46.8 Å². The molecule has 34 heavy (non-hydrogen) atoms. The first-order chi connectivity index (χ1) is 16.1. The van der Waals surface area contributed by atoms with Crippen molar-refractivity contribution in [2.45, 2.75) is 97.7 Å². The first-order valence-corrected chi connectivity index (χ1v) is 13.0. The van der Waals surface area contributed by atoms with Crippen LogP contribution in [-0.2, 0) is 14.3 Å². The summed E-state index contributed by atoms with van der Waals surface area (Å²) in [5, 5.41) is 29.9. The van der Waals surface area contributed by atoms with Crippen LogP contribution in [0.3, 0.4) is 0 Å². The molecular formula is C28H43NO5. The van der Waals surface area contributed by atoms with Gasteiger partial charge in [-0.1, -0.05) is 46.3 Å². The van der Waals surface area contributed by atoms with Gasteiger partial charge in [0.1, 0.15) is 6.10 Å². The van der Waals surface area contributed by atoms with Gasteiger partial charge in [-0.15, -0.1) is 0 Å². The third-order valence-electron chi connectivity index (χ3n) is 7.58. The summed E-state index contributed by atoms with van der Waals surface area (Å²) in [4.78, 5) is 24.5.